The lowest BCUT2D eigenvalue weighted by Gasteiger charge is -2.34. The number of pyridine rings is 1. The zero-order valence-electron chi connectivity index (χ0n) is 16.1. The monoisotopic (exact) mass is 399 g/mol. The Labute approximate surface area is 166 Å². The third-order valence-corrected chi connectivity index (χ3v) is 5.63. The predicted octanol–water partition coefficient (Wildman–Crippen LogP) is 2.11. The Balaban J connectivity index is 1.66. The van der Waals surface area contributed by atoms with Crippen LogP contribution in [-0.4, -0.2) is 39.5 Å². The lowest BCUT2D eigenvalue weighted by Crippen LogP contribution is -2.44. The van der Waals surface area contributed by atoms with Gasteiger partial charge in [-0.2, -0.15) is 0 Å². The number of aryl methyl sites for hydroxylation is 1. The molecule has 4 rings (SSSR count). The lowest BCUT2D eigenvalue weighted by atomic mass is 10.1. The van der Waals surface area contributed by atoms with Crippen LogP contribution in [-0.2, 0) is 6.54 Å². The molecule has 0 unspecified atom stereocenters. The van der Waals surface area contributed by atoms with Crippen molar-refractivity contribution < 1.29 is 19.1 Å². The van der Waals surface area contributed by atoms with E-state index in [4.69, 9.17) is 0 Å². The Bertz CT molecular complexity index is 1060. The molecular formula is C21H22FN3O4. The van der Waals surface area contributed by atoms with E-state index in [9.17, 15) is 23.9 Å². The molecule has 0 spiro atoms. The summed E-state index contributed by atoms with van der Waals surface area (Å²) in [4.78, 5) is 39.5. The number of rotatable bonds is 3. The van der Waals surface area contributed by atoms with Crippen molar-refractivity contribution in [2.75, 3.05) is 13.1 Å². The number of nitrogens with one attached hydrogen (secondary N) is 1. The number of aromatic nitrogens is 1. The van der Waals surface area contributed by atoms with Crippen LogP contribution >= 0.6 is 0 Å². The zero-order chi connectivity index (χ0) is 20.7. The fourth-order valence-electron chi connectivity index (χ4n) is 4.03. The van der Waals surface area contributed by atoms with Gasteiger partial charge >= 0.3 is 0 Å². The van der Waals surface area contributed by atoms with Gasteiger partial charge in [0, 0.05) is 31.4 Å². The molecule has 0 saturated carbocycles. The predicted molar refractivity (Wildman–Crippen MR) is 103 cm³/mol. The summed E-state index contributed by atoms with van der Waals surface area (Å²) >= 11 is 0. The van der Waals surface area contributed by atoms with E-state index in [0.717, 1.165) is 24.8 Å². The van der Waals surface area contributed by atoms with Crippen LogP contribution in [0.5, 0.6) is 5.75 Å². The van der Waals surface area contributed by atoms with Gasteiger partial charge < -0.3 is 19.9 Å². The number of hydrogen-bond donors (Lipinski definition) is 2. The number of nitrogens with zero attached hydrogens (tertiary/aromatic N) is 2. The van der Waals surface area contributed by atoms with E-state index in [1.165, 1.54) is 12.3 Å². The van der Waals surface area contributed by atoms with Crippen molar-refractivity contribution in [3.05, 3.63) is 62.8 Å². The maximum atomic E-state index is 14.0. The van der Waals surface area contributed by atoms with Crippen LogP contribution in [0, 0.1) is 12.7 Å². The van der Waals surface area contributed by atoms with Gasteiger partial charge in [0.05, 0.1) is 6.04 Å². The maximum absolute atomic E-state index is 14.0. The molecule has 0 radical (unpaired) electrons. The van der Waals surface area contributed by atoms with Gasteiger partial charge in [-0.15, -0.1) is 0 Å². The van der Waals surface area contributed by atoms with Gasteiger partial charge in [0.25, 0.3) is 11.8 Å². The first-order chi connectivity index (χ1) is 13.9. The molecule has 1 saturated heterocycles. The highest BCUT2D eigenvalue weighted by atomic mass is 19.1. The van der Waals surface area contributed by atoms with Gasteiger partial charge in [-0.1, -0.05) is 12.1 Å². The Morgan fingerprint density at radius 3 is 2.86 bits per heavy atom. The quantitative estimate of drug-likeness (QED) is 0.827. The minimum Gasteiger partial charge on any atom is -0.503 e. The lowest BCUT2D eigenvalue weighted by molar-refractivity contribution is 0.0677. The Hall–Kier alpha value is -3.16. The molecule has 7 nitrogen and oxygen atoms in total. The first-order valence-electron chi connectivity index (χ1n) is 9.67. The fraction of sp³-hybridized carbons (Fsp3) is 0.381. The molecular weight excluding hydrogens is 377 g/mol. The highest BCUT2D eigenvalue weighted by Gasteiger charge is 2.36. The van der Waals surface area contributed by atoms with E-state index in [0.29, 0.717) is 18.7 Å². The van der Waals surface area contributed by atoms with Crippen LogP contribution in [0.15, 0.2) is 29.2 Å². The average molecular weight is 399 g/mol. The van der Waals surface area contributed by atoms with Crippen molar-refractivity contribution in [3.8, 4) is 5.75 Å². The number of hydrogen-bond acceptors (Lipinski definition) is 4. The van der Waals surface area contributed by atoms with Gasteiger partial charge in [-0.05, 0) is 37.8 Å². The van der Waals surface area contributed by atoms with Crippen LogP contribution in [0.2, 0.25) is 0 Å². The summed E-state index contributed by atoms with van der Waals surface area (Å²) in [7, 11) is 0. The van der Waals surface area contributed by atoms with Crippen molar-refractivity contribution in [1.82, 2.24) is 14.8 Å². The number of carbonyl (C=O) groups is 2. The average Bonchev–Trinajstić information content (AvgIpc) is 2.91. The number of amides is 2. The van der Waals surface area contributed by atoms with Gasteiger partial charge in [0.15, 0.2) is 11.4 Å². The van der Waals surface area contributed by atoms with Crippen molar-refractivity contribution in [2.24, 2.45) is 0 Å². The third kappa shape index (κ3) is 3.39. The molecule has 1 aromatic carbocycles. The SMILES string of the molecule is Cc1ccc(CNC(=O)c2cn3c(c(O)c2=O)C(=O)N2CCCC[C@@H]3C2)c(F)c1. The molecule has 2 aliphatic rings. The van der Waals surface area contributed by atoms with Gasteiger partial charge in [0.2, 0.25) is 5.43 Å². The summed E-state index contributed by atoms with van der Waals surface area (Å²) < 4.78 is 15.6. The molecule has 2 bridgehead atoms. The number of halogens is 1. The summed E-state index contributed by atoms with van der Waals surface area (Å²) in [5.41, 5.74) is -0.164. The highest BCUT2D eigenvalue weighted by Crippen LogP contribution is 2.31. The van der Waals surface area contributed by atoms with Gasteiger partial charge in [-0.25, -0.2) is 4.39 Å². The summed E-state index contributed by atoms with van der Waals surface area (Å²) in [6.45, 7) is 2.75. The van der Waals surface area contributed by atoms with Gasteiger partial charge in [-0.3, -0.25) is 14.4 Å². The van der Waals surface area contributed by atoms with E-state index < -0.39 is 28.8 Å². The second-order valence-corrected chi connectivity index (χ2v) is 7.65. The highest BCUT2D eigenvalue weighted by molar-refractivity contribution is 5.99. The Morgan fingerprint density at radius 1 is 1.31 bits per heavy atom. The molecule has 3 heterocycles. The van der Waals surface area contributed by atoms with Crippen molar-refractivity contribution in [2.45, 2.75) is 38.8 Å². The van der Waals surface area contributed by atoms with E-state index in [2.05, 4.69) is 5.32 Å². The molecule has 2 N–H and O–H groups in total. The summed E-state index contributed by atoms with van der Waals surface area (Å²) in [5.74, 6) is -2.27. The molecule has 1 atom stereocenters. The standard InChI is InChI=1S/C21H22FN3O4/c1-12-5-6-13(16(22)8-12)9-23-20(28)15-11-25-14-4-2-3-7-24(10-14)21(29)17(25)19(27)18(15)26/h5-6,8,11,14,27H,2-4,7,9-10H2,1H3,(H,23,28)/t14-/m1/s1. The van der Waals surface area contributed by atoms with Crippen molar-refractivity contribution in [3.63, 3.8) is 0 Å². The first kappa shape index (κ1) is 19.2. The molecule has 29 heavy (non-hydrogen) atoms. The summed E-state index contributed by atoms with van der Waals surface area (Å²) in [5, 5.41) is 13.0. The van der Waals surface area contributed by atoms with Crippen LogP contribution < -0.4 is 10.7 Å². The van der Waals surface area contributed by atoms with E-state index in [1.807, 2.05) is 0 Å². The van der Waals surface area contributed by atoms with Crippen LogP contribution in [0.4, 0.5) is 4.39 Å². The van der Waals surface area contributed by atoms with Crippen LogP contribution in [0.25, 0.3) is 0 Å². The van der Waals surface area contributed by atoms with E-state index in [1.54, 1.807) is 28.5 Å². The number of carbonyl (C=O) groups excluding carboxylic acids is 2. The zero-order valence-corrected chi connectivity index (χ0v) is 16.1. The minimum absolute atomic E-state index is 0.0609. The van der Waals surface area contributed by atoms with Crippen LogP contribution in [0.3, 0.4) is 0 Å². The van der Waals surface area contributed by atoms with E-state index in [-0.39, 0.29) is 23.8 Å². The molecule has 2 aromatic rings. The Morgan fingerprint density at radius 2 is 2.10 bits per heavy atom. The largest absolute Gasteiger partial charge is 0.503 e. The minimum atomic E-state index is -0.897. The maximum Gasteiger partial charge on any atom is 0.274 e. The molecule has 1 aromatic heterocycles. The first-order valence-corrected chi connectivity index (χ1v) is 9.67. The molecule has 152 valence electrons. The number of benzene rings is 1. The van der Waals surface area contributed by atoms with Crippen LogP contribution in [0.1, 0.15) is 57.3 Å². The summed E-state index contributed by atoms with van der Waals surface area (Å²) in [6.07, 6.45) is 3.91. The fourth-order valence-corrected chi connectivity index (χ4v) is 4.03. The normalized spacial score (nSPS) is 18.2. The molecule has 2 amide bonds. The Kier molecular flexibility index (Phi) is 4.86. The molecule has 8 heteroatoms. The molecule has 2 aliphatic heterocycles. The topological polar surface area (TPSA) is 91.6 Å². The third-order valence-electron chi connectivity index (χ3n) is 5.63. The number of aromatic hydroxyl groups is 1. The second-order valence-electron chi connectivity index (χ2n) is 7.65. The number of fused-ring (bicyclic) bond motifs is 4. The molecule has 0 aliphatic carbocycles. The summed E-state index contributed by atoms with van der Waals surface area (Å²) in [6, 6.07) is 4.57. The smallest absolute Gasteiger partial charge is 0.274 e. The van der Waals surface area contributed by atoms with Gasteiger partial charge in [0.1, 0.15) is 11.4 Å². The second kappa shape index (κ2) is 7.35. The van der Waals surface area contributed by atoms with E-state index >= 15 is 0 Å². The molecule has 1 fully saturated rings. The van der Waals surface area contributed by atoms with Crippen molar-refractivity contribution in [1.29, 1.82) is 0 Å². The van der Waals surface area contributed by atoms with Crippen molar-refractivity contribution >= 4 is 11.8 Å².